The van der Waals surface area contributed by atoms with Gasteiger partial charge in [0.2, 0.25) is 0 Å². The van der Waals surface area contributed by atoms with Crippen LogP contribution in [0.15, 0.2) is 48.3 Å². The fourth-order valence-corrected chi connectivity index (χ4v) is 5.02. The van der Waals surface area contributed by atoms with Crippen LogP contribution in [0.3, 0.4) is 0 Å². The van der Waals surface area contributed by atoms with E-state index in [1.165, 1.54) is 17.6 Å². The Bertz CT molecular complexity index is 766. The highest BCUT2D eigenvalue weighted by Gasteiger charge is 2.53. The summed E-state index contributed by atoms with van der Waals surface area (Å²) in [5, 5.41) is 11.7. The normalized spacial score (nSPS) is 29.7. The predicted octanol–water partition coefficient (Wildman–Crippen LogP) is 3.44. The van der Waals surface area contributed by atoms with E-state index in [1.54, 1.807) is 0 Å². The second kappa shape index (κ2) is 7.01. The first-order chi connectivity index (χ1) is 12.6. The number of likely N-dealkylation sites (tertiary alicyclic amines) is 1. The van der Waals surface area contributed by atoms with Gasteiger partial charge in [-0.25, -0.2) is 4.98 Å². The summed E-state index contributed by atoms with van der Waals surface area (Å²) in [6.45, 7) is 5.07. The van der Waals surface area contributed by atoms with Crippen LogP contribution in [0.25, 0.3) is 6.08 Å². The van der Waals surface area contributed by atoms with Crippen LogP contribution in [0.1, 0.15) is 37.6 Å². The molecule has 26 heavy (non-hydrogen) atoms. The molecule has 4 heteroatoms. The third-order valence-corrected chi connectivity index (χ3v) is 6.17. The first-order valence-corrected chi connectivity index (χ1v) is 9.72. The Hall–Kier alpha value is -1.91. The van der Waals surface area contributed by atoms with Gasteiger partial charge in [-0.15, -0.1) is 0 Å². The molecule has 138 valence electrons. The van der Waals surface area contributed by atoms with E-state index in [1.807, 2.05) is 24.0 Å². The van der Waals surface area contributed by atoms with Crippen molar-refractivity contribution in [3.05, 3.63) is 59.7 Å². The van der Waals surface area contributed by atoms with Crippen LogP contribution in [-0.4, -0.2) is 39.2 Å². The maximum Gasteiger partial charge on any atom is 0.141 e. The van der Waals surface area contributed by atoms with Crippen LogP contribution in [0.4, 0.5) is 0 Å². The van der Waals surface area contributed by atoms with Crippen LogP contribution in [0.5, 0.6) is 0 Å². The van der Waals surface area contributed by atoms with Gasteiger partial charge in [0.1, 0.15) is 11.4 Å². The van der Waals surface area contributed by atoms with Crippen molar-refractivity contribution in [3.8, 4) is 0 Å². The number of nitrogens with zero attached hydrogens (tertiary/aromatic N) is 3. The first kappa shape index (κ1) is 17.5. The summed E-state index contributed by atoms with van der Waals surface area (Å²) in [5.74, 6) is 1.38. The number of aromatic nitrogens is 2. The van der Waals surface area contributed by atoms with Gasteiger partial charge in [0.05, 0.1) is 0 Å². The quantitative estimate of drug-likeness (QED) is 0.917. The maximum absolute atomic E-state index is 11.7. The van der Waals surface area contributed by atoms with Gasteiger partial charge in [0.25, 0.3) is 0 Å². The number of hydrogen-bond donors (Lipinski definition) is 1. The van der Waals surface area contributed by atoms with Crippen molar-refractivity contribution >= 4 is 6.08 Å². The van der Waals surface area contributed by atoms with Crippen molar-refractivity contribution in [2.24, 2.45) is 18.9 Å². The summed E-state index contributed by atoms with van der Waals surface area (Å²) in [6, 6.07) is 10.5. The van der Waals surface area contributed by atoms with Gasteiger partial charge in [0, 0.05) is 50.9 Å². The fraction of sp³-hybridized carbons (Fsp3) is 0.500. The highest BCUT2D eigenvalue weighted by Crippen LogP contribution is 2.48. The molecule has 1 aromatic heterocycles. The molecule has 0 radical (unpaired) electrons. The molecule has 2 fully saturated rings. The lowest BCUT2D eigenvalue weighted by molar-refractivity contribution is -0.152. The van der Waals surface area contributed by atoms with Crippen LogP contribution in [0, 0.1) is 11.8 Å². The monoisotopic (exact) mass is 351 g/mol. The minimum Gasteiger partial charge on any atom is -0.381 e. The number of fused-ring (bicyclic) bond motifs is 2. The van der Waals surface area contributed by atoms with Crippen molar-refractivity contribution in [2.75, 3.05) is 19.6 Å². The van der Waals surface area contributed by atoms with E-state index in [4.69, 9.17) is 0 Å². The van der Waals surface area contributed by atoms with Gasteiger partial charge >= 0.3 is 0 Å². The topological polar surface area (TPSA) is 41.3 Å². The Balaban J connectivity index is 1.52. The summed E-state index contributed by atoms with van der Waals surface area (Å²) in [6.07, 6.45) is 9.41. The van der Waals surface area contributed by atoms with Crippen molar-refractivity contribution < 1.29 is 5.11 Å². The number of benzene rings is 1. The molecule has 4 rings (SSSR count). The van der Waals surface area contributed by atoms with E-state index in [0.29, 0.717) is 0 Å². The largest absolute Gasteiger partial charge is 0.381 e. The lowest BCUT2D eigenvalue weighted by Gasteiger charge is -2.52. The van der Waals surface area contributed by atoms with Gasteiger partial charge in [-0.1, -0.05) is 48.4 Å². The molecule has 2 aromatic rings. The molecule has 0 spiro atoms. The van der Waals surface area contributed by atoms with Gasteiger partial charge < -0.3 is 9.67 Å². The standard InChI is InChI=1S/C22H29N3O/c1-17(13-18-7-4-3-5-8-18)14-25-15-19-9-6-10-20(16-25)22(19,26)21-23-11-12-24(21)2/h3-5,7-8,11-13,19-20,26H,6,9-10,14-16H2,1-2H3/b17-13+/t19-,20+,22?. The average Bonchev–Trinajstić information content (AvgIpc) is 3.03. The first-order valence-electron chi connectivity index (χ1n) is 9.72. The van der Waals surface area contributed by atoms with Crippen LogP contribution in [0.2, 0.25) is 0 Å². The lowest BCUT2D eigenvalue weighted by Crippen LogP contribution is -2.59. The molecule has 1 aromatic carbocycles. The molecule has 1 aliphatic carbocycles. The number of piperidine rings is 1. The van der Waals surface area contributed by atoms with E-state index in [0.717, 1.165) is 38.3 Å². The molecule has 2 bridgehead atoms. The fourth-order valence-electron chi connectivity index (χ4n) is 5.02. The summed E-state index contributed by atoms with van der Waals surface area (Å²) < 4.78 is 2.00. The second-order valence-electron chi connectivity index (χ2n) is 8.11. The van der Waals surface area contributed by atoms with Crippen molar-refractivity contribution in [3.63, 3.8) is 0 Å². The molecule has 1 aliphatic heterocycles. The highest BCUT2D eigenvalue weighted by molar-refractivity contribution is 5.52. The zero-order valence-electron chi connectivity index (χ0n) is 15.8. The predicted molar refractivity (Wildman–Crippen MR) is 104 cm³/mol. The number of aliphatic hydroxyl groups is 1. The number of aryl methyl sites for hydroxylation is 1. The summed E-state index contributed by atoms with van der Waals surface area (Å²) in [7, 11) is 2.00. The Morgan fingerprint density at radius 1 is 1.23 bits per heavy atom. The Labute approximate surface area is 156 Å². The van der Waals surface area contributed by atoms with Gasteiger partial charge in [-0.2, -0.15) is 0 Å². The van der Waals surface area contributed by atoms with E-state index in [2.05, 4.69) is 53.2 Å². The highest BCUT2D eigenvalue weighted by atomic mass is 16.3. The zero-order chi connectivity index (χ0) is 18.1. The minimum atomic E-state index is -0.774. The zero-order valence-corrected chi connectivity index (χ0v) is 15.8. The van der Waals surface area contributed by atoms with Crippen molar-refractivity contribution in [1.82, 2.24) is 14.5 Å². The Morgan fingerprint density at radius 3 is 2.54 bits per heavy atom. The SMILES string of the molecule is C/C(=C\c1ccccc1)CN1C[C@H]2CCC[C@@H](C1)C2(O)c1nccn1C. The Kier molecular flexibility index (Phi) is 4.72. The lowest BCUT2D eigenvalue weighted by atomic mass is 9.65. The third kappa shape index (κ3) is 3.12. The molecule has 0 amide bonds. The minimum absolute atomic E-state index is 0.264. The molecule has 3 atom stereocenters. The van der Waals surface area contributed by atoms with Crippen LogP contribution in [-0.2, 0) is 12.6 Å². The smallest absolute Gasteiger partial charge is 0.141 e. The molecule has 1 saturated carbocycles. The van der Waals surface area contributed by atoms with Crippen LogP contribution >= 0.6 is 0 Å². The number of imidazole rings is 1. The summed E-state index contributed by atoms with van der Waals surface area (Å²) in [4.78, 5) is 7.05. The molecular weight excluding hydrogens is 322 g/mol. The van der Waals surface area contributed by atoms with Gasteiger partial charge in [0.15, 0.2) is 0 Å². The van der Waals surface area contributed by atoms with E-state index in [-0.39, 0.29) is 11.8 Å². The van der Waals surface area contributed by atoms with E-state index >= 15 is 0 Å². The third-order valence-electron chi connectivity index (χ3n) is 6.17. The van der Waals surface area contributed by atoms with E-state index < -0.39 is 5.60 Å². The summed E-state index contributed by atoms with van der Waals surface area (Å²) >= 11 is 0. The van der Waals surface area contributed by atoms with Crippen molar-refractivity contribution in [2.45, 2.75) is 31.8 Å². The van der Waals surface area contributed by atoms with Crippen LogP contribution < -0.4 is 0 Å². The molecule has 1 N–H and O–H groups in total. The van der Waals surface area contributed by atoms with Gasteiger partial charge in [-0.3, -0.25) is 4.90 Å². The van der Waals surface area contributed by atoms with Crippen molar-refractivity contribution in [1.29, 1.82) is 0 Å². The Morgan fingerprint density at radius 2 is 1.92 bits per heavy atom. The molecule has 2 heterocycles. The molecule has 4 nitrogen and oxygen atoms in total. The molecule has 1 saturated heterocycles. The average molecular weight is 351 g/mol. The number of hydrogen-bond acceptors (Lipinski definition) is 3. The molecule has 2 aliphatic rings. The molecule has 1 unspecified atom stereocenters. The van der Waals surface area contributed by atoms with Gasteiger partial charge in [-0.05, 0) is 25.3 Å². The second-order valence-corrected chi connectivity index (χ2v) is 8.11. The molecular formula is C22H29N3O. The maximum atomic E-state index is 11.7. The van der Waals surface area contributed by atoms with E-state index in [9.17, 15) is 5.11 Å². The summed E-state index contributed by atoms with van der Waals surface area (Å²) in [5.41, 5.74) is 1.85. The number of rotatable bonds is 4.